The highest BCUT2D eigenvalue weighted by molar-refractivity contribution is 5.97. The smallest absolute Gasteiger partial charge is 0.164 e. The number of nitrogens with zero attached hydrogens (tertiary/aromatic N) is 5. The SMILES string of the molecule is CCCCCCCn1nc(-c2cc(C3CC3)on2)c2c(N)ncnc21. The van der Waals surface area contributed by atoms with Gasteiger partial charge in [0.1, 0.15) is 29.3 Å². The van der Waals surface area contributed by atoms with Crippen LogP contribution in [0.25, 0.3) is 22.4 Å². The highest BCUT2D eigenvalue weighted by atomic mass is 16.5. The van der Waals surface area contributed by atoms with Crippen LogP contribution in [0.1, 0.15) is 63.5 Å². The second-order valence-electron chi connectivity index (χ2n) is 6.83. The minimum absolute atomic E-state index is 0.438. The van der Waals surface area contributed by atoms with E-state index in [1.54, 1.807) is 0 Å². The Hall–Kier alpha value is -2.44. The standard InChI is InChI=1S/C18H24N6O/c1-2-3-4-5-6-9-24-18-15(17(19)20-11-21-18)16(22-24)13-10-14(25-23-13)12-7-8-12/h10-12H,2-9H2,1H3,(H2,19,20,21). The van der Waals surface area contributed by atoms with Gasteiger partial charge in [0.25, 0.3) is 0 Å². The quantitative estimate of drug-likeness (QED) is 0.625. The molecule has 3 aromatic rings. The number of anilines is 1. The summed E-state index contributed by atoms with van der Waals surface area (Å²) in [5.74, 6) is 1.89. The third-order valence-corrected chi connectivity index (χ3v) is 4.78. The van der Waals surface area contributed by atoms with Crippen molar-refractivity contribution in [3.63, 3.8) is 0 Å². The van der Waals surface area contributed by atoms with Gasteiger partial charge in [-0.1, -0.05) is 37.8 Å². The van der Waals surface area contributed by atoms with E-state index < -0.39 is 0 Å². The highest BCUT2D eigenvalue weighted by Gasteiger charge is 2.29. The summed E-state index contributed by atoms with van der Waals surface area (Å²) >= 11 is 0. The Bertz CT molecular complexity index is 864. The zero-order chi connectivity index (χ0) is 17.2. The van der Waals surface area contributed by atoms with Gasteiger partial charge in [-0.15, -0.1) is 0 Å². The fourth-order valence-electron chi connectivity index (χ4n) is 3.19. The van der Waals surface area contributed by atoms with Gasteiger partial charge < -0.3 is 10.3 Å². The van der Waals surface area contributed by atoms with Crippen LogP contribution in [0, 0.1) is 0 Å². The average molecular weight is 340 g/mol. The van der Waals surface area contributed by atoms with Crippen LogP contribution < -0.4 is 5.73 Å². The molecule has 7 heteroatoms. The van der Waals surface area contributed by atoms with Crippen molar-refractivity contribution in [2.45, 2.75) is 64.3 Å². The molecule has 0 aromatic carbocycles. The molecule has 0 saturated heterocycles. The Morgan fingerprint density at radius 2 is 2.04 bits per heavy atom. The van der Waals surface area contributed by atoms with E-state index in [1.807, 2.05) is 10.7 Å². The maximum atomic E-state index is 6.12. The van der Waals surface area contributed by atoms with Crippen molar-refractivity contribution in [3.05, 3.63) is 18.2 Å². The minimum Gasteiger partial charge on any atom is -0.383 e. The number of hydrogen-bond acceptors (Lipinski definition) is 6. The lowest BCUT2D eigenvalue weighted by Crippen LogP contribution is -2.02. The Kier molecular flexibility index (Phi) is 4.38. The molecule has 7 nitrogen and oxygen atoms in total. The van der Waals surface area contributed by atoms with E-state index in [0.717, 1.165) is 41.1 Å². The predicted molar refractivity (Wildman–Crippen MR) is 96.0 cm³/mol. The molecule has 3 aromatic heterocycles. The summed E-state index contributed by atoms with van der Waals surface area (Å²) in [6.07, 6.45) is 9.90. The summed E-state index contributed by atoms with van der Waals surface area (Å²) in [5, 5.41) is 9.72. The second kappa shape index (κ2) is 6.82. The second-order valence-corrected chi connectivity index (χ2v) is 6.83. The molecule has 3 heterocycles. The van der Waals surface area contributed by atoms with Crippen molar-refractivity contribution in [1.29, 1.82) is 0 Å². The summed E-state index contributed by atoms with van der Waals surface area (Å²) in [5.41, 5.74) is 8.33. The van der Waals surface area contributed by atoms with Crippen molar-refractivity contribution >= 4 is 16.9 Å². The van der Waals surface area contributed by atoms with Crippen LogP contribution in [0.3, 0.4) is 0 Å². The third kappa shape index (κ3) is 3.23. The molecule has 0 bridgehead atoms. The lowest BCUT2D eigenvalue weighted by atomic mass is 10.1. The number of hydrogen-bond donors (Lipinski definition) is 1. The van der Waals surface area contributed by atoms with Gasteiger partial charge in [0.05, 0.1) is 5.39 Å². The summed E-state index contributed by atoms with van der Waals surface area (Å²) in [6, 6.07) is 1.98. The predicted octanol–water partition coefficient (Wildman–Crippen LogP) is 3.91. The zero-order valence-electron chi connectivity index (χ0n) is 14.6. The zero-order valence-corrected chi connectivity index (χ0v) is 14.6. The van der Waals surface area contributed by atoms with Crippen molar-refractivity contribution in [1.82, 2.24) is 24.9 Å². The van der Waals surface area contributed by atoms with Gasteiger partial charge in [-0.05, 0) is 19.3 Å². The maximum Gasteiger partial charge on any atom is 0.164 e. The normalized spacial score (nSPS) is 14.4. The fourth-order valence-corrected chi connectivity index (χ4v) is 3.19. The first-order valence-electron chi connectivity index (χ1n) is 9.22. The number of nitrogens with two attached hydrogens (primary N) is 1. The molecular weight excluding hydrogens is 316 g/mol. The monoisotopic (exact) mass is 340 g/mol. The fraction of sp³-hybridized carbons (Fsp3) is 0.556. The molecule has 0 atom stereocenters. The number of fused-ring (bicyclic) bond motifs is 1. The minimum atomic E-state index is 0.438. The summed E-state index contributed by atoms with van der Waals surface area (Å²) < 4.78 is 7.42. The van der Waals surface area contributed by atoms with Gasteiger partial charge in [-0.3, -0.25) is 0 Å². The van der Waals surface area contributed by atoms with Gasteiger partial charge in [-0.25, -0.2) is 14.6 Å². The molecular formula is C18H24N6O. The van der Waals surface area contributed by atoms with E-state index in [9.17, 15) is 0 Å². The Morgan fingerprint density at radius 1 is 1.20 bits per heavy atom. The van der Waals surface area contributed by atoms with Gasteiger partial charge in [-0.2, -0.15) is 5.10 Å². The van der Waals surface area contributed by atoms with Crippen molar-refractivity contribution < 1.29 is 4.52 Å². The van der Waals surface area contributed by atoms with E-state index >= 15 is 0 Å². The molecule has 25 heavy (non-hydrogen) atoms. The van der Waals surface area contributed by atoms with Crippen molar-refractivity contribution in [2.75, 3.05) is 5.73 Å². The number of rotatable bonds is 8. The molecule has 2 N–H and O–H groups in total. The number of aromatic nitrogens is 5. The van der Waals surface area contributed by atoms with Crippen LogP contribution >= 0.6 is 0 Å². The highest BCUT2D eigenvalue weighted by Crippen LogP contribution is 2.41. The molecule has 1 saturated carbocycles. The molecule has 4 rings (SSSR count). The van der Waals surface area contributed by atoms with E-state index in [-0.39, 0.29) is 0 Å². The van der Waals surface area contributed by atoms with Gasteiger partial charge in [0.15, 0.2) is 5.65 Å². The first kappa shape index (κ1) is 16.1. The first-order valence-corrected chi connectivity index (χ1v) is 9.22. The molecule has 1 aliphatic rings. The van der Waals surface area contributed by atoms with Gasteiger partial charge >= 0.3 is 0 Å². The molecule has 1 fully saturated rings. The van der Waals surface area contributed by atoms with Crippen LogP contribution in [0.5, 0.6) is 0 Å². The molecule has 0 unspecified atom stereocenters. The summed E-state index contributed by atoms with van der Waals surface area (Å²) in [4.78, 5) is 8.55. The Labute approximate surface area is 146 Å². The Balaban J connectivity index is 1.63. The first-order chi connectivity index (χ1) is 12.3. The molecule has 132 valence electrons. The topological polar surface area (TPSA) is 95.7 Å². The third-order valence-electron chi connectivity index (χ3n) is 4.78. The van der Waals surface area contributed by atoms with Crippen LogP contribution in [-0.4, -0.2) is 24.9 Å². The van der Waals surface area contributed by atoms with Crippen molar-refractivity contribution in [3.8, 4) is 11.4 Å². The molecule has 0 amide bonds. The lowest BCUT2D eigenvalue weighted by Gasteiger charge is -2.02. The number of aryl methyl sites for hydroxylation is 1. The Morgan fingerprint density at radius 3 is 2.84 bits per heavy atom. The largest absolute Gasteiger partial charge is 0.383 e. The van der Waals surface area contributed by atoms with Crippen LogP contribution in [0.2, 0.25) is 0 Å². The average Bonchev–Trinajstić information content (AvgIpc) is 3.23. The number of nitrogen functional groups attached to an aromatic ring is 1. The van der Waals surface area contributed by atoms with Gasteiger partial charge in [0.2, 0.25) is 0 Å². The van der Waals surface area contributed by atoms with E-state index in [2.05, 4.69) is 22.0 Å². The number of unbranched alkanes of at least 4 members (excludes halogenated alkanes) is 4. The molecule has 0 spiro atoms. The summed E-state index contributed by atoms with van der Waals surface area (Å²) in [6.45, 7) is 3.05. The van der Waals surface area contributed by atoms with Crippen LogP contribution in [0.4, 0.5) is 5.82 Å². The van der Waals surface area contributed by atoms with Crippen LogP contribution in [0.15, 0.2) is 16.9 Å². The maximum absolute atomic E-state index is 6.12. The molecule has 0 aliphatic heterocycles. The van der Waals surface area contributed by atoms with Crippen LogP contribution in [-0.2, 0) is 6.54 Å². The van der Waals surface area contributed by atoms with Crippen molar-refractivity contribution in [2.24, 2.45) is 0 Å². The van der Waals surface area contributed by atoms with E-state index in [0.29, 0.717) is 11.7 Å². The van der Waals surface area contributed by atoms with E-state index in [1.165, 1.54) is 44.9 Å². The van der Waals surface area contributed by atoms with Gasteiger partial charge in [0, 0.05) is 18.5 Å². The van der Waals surface area contributed by atoms with E-state index in [4.69, 9.17) is 15.4 Å². The molecule has 1 aliphatic carbocycles. The summed E-state index contributed by atoms with van der Waals surface area (Å²) in [7, 11) is 0. The lowest BCUT2D eigenvalue weighted by molar-refractivity contribution is 0.386. The molecule has 0 radical (unpaired) electrons.